The third-order valence-corrected chi connectivity index (χ3v) is 1.37. The Morgan fingerprint density at radius 3 is 2.54 bits per heavy atom. The number of hydrogen-bond acceptors (Lipinski definition) is 3. The minimum Gasteiger partial charge on any atom is -1.00 e. The molecule has 0 unspecified atom stereocenters. The summed E-state index contributed by atoms with van der Waals surface area (Å²) in [5.41, 5.74) is 0.727. The van der Waals surface area contributed by atoms with Crippen LogP contribution in [0.1, 0.15) is 6.99 Å². The van der Waals surface area contributed by atoms with Crippen LogP contribution in [-0.2, 0) is 0 Å². The summed E-state index contributed by atoms with van der Waals surface area (Å²) >= 11 is 0. The van der Waals surface area contributed by atoms with Gasteiger partial charge in [0.1, 0.15) is 5.75 Å². The first-order valence-electron chi connectivity index (χ1n) is 3.48. The Morgan fingerprint density at radius 1 is 1.38 bits per heavy atom. The van der Waals surface area contributed by atoms with Gasteiger partial charge in [0.15, 0.2) is 0 Å². The second-order valence-corrected chi connectivity index (χ2v) is 2.19. The summed E-state index contributed by atoms with van der Waals surface area (Å²) in [5.74, 6) is 0.405. The van der Waals surface area contributed by atoms with E-state index in [1.807, 2.05) is 6.07 Å². The van der Waals surface area contributed by atoms with Gasteiger partial charge in [-0.15, -0.1) is 0 Å². The van der Waals surface area contributed by atoms with Gasteiger partial charge in [-0.25, -0.2) is 0 Å². The van der Waals surface area contributed by atoms with Crippen LogP contribution in [0.4, 0.5) is 0 Å². The van der Waals surface area contributed by atoms with Gasteiger partial charge in [0, 0.05) is 5.56 Å². The number of benzene rings is 1. The summed E-state index contributed by atoms with van der Waals surface area (Å²) in [6.45, 7) is 3.56. The summed E-state index contributed by atoms with van der Waals surface area (Å²) in [6, 6.07) is 6.96. The first kappa shape index (κ1) is 12.7. The first-order valence-corrected chi connectivity index (χ1v) is 3.48. The quantitative estimate of drug-likeness (QED) is 0.529. The predicted molar refractivity (Wildman–Crippen MR) is 48.5 cm³/mol. The van der Waals surface area contributed by atoms with Crippen molar-refractivity contribution in [2.24, 2.45) is 0 Å². The van der Waals surface area contributed by atoms with Crippen LogP contribution >= 0.6 is 0 Å². The molecule has 0 aromatic heterocycles. The molecule has 13 heavy (non-hydrogen) atoms. The third kappa shape index (κ3) is 3.98. The zero-order valence-electron chi connectivity index (χ0n) is 8.47. The largest absolute Gasteiger partial charge is 1.00 e. The van der Waals surface area contributed by atoms with Gasteiger partial charge in [-0.3, -0.25) is 0 Å². The van der Waals surface area contributed by atoms with E-state index < -0.39 is 7.32 Å². The maximum Gasteiger partial charge on any atom is 1.00 e. The molecule has 0 saturated heterocycles. The zero-order chi connectivity index (χ0) is 8.97. The second kappa shape index (κ2) is 6.24. The van der Waals surface area contributed by atoms with E-state index >= 15 is 0 Å². The Morgan fingerprint density at radius 2 is 2.00 bits per heavy atom. The minimum absolute atomic E-state index is 0. The average Bonchev–Trinajstić information content (AvgIpc) is 2.04. The van der Waals surface area contributed by atoms with E-state index in [0.29, 0.717) is 5.75 Å². The van der Waals surface area contributed by atoms with E-state index in [-0.39, 0.29) is 31.0 Å². The summed E-state index contributed by atoms with van der Waals surface area (Å²) in [6.07, 6.45) is 1.58. The fraction of sp³-hybridized carbons (Fsp3) is 0. The predicted octanol–water partition coefficient (Wildman–Crippen LogP) is -2.21. The molecule has 1 aromatic carbocycles. The molecule has 0 aliphatic heterocycles. The van der Waals surface area contributed by atoms with Crippen molar-refractivity contribution >= 4 is 13.4 Å². The first-order chi connectivity index (χ1) is 5.74. The maximum atomic E-state index is 8.52. The van der Waals surface area contributed by atoms with Crippen molar-refractivity contribution in [2.75, 3.05) is 0 Å². The van der Waals surface area contributed by atoms with Gasteiger partial charge in [-0.05, 0) is 6.07 Å². The fourth-order valence-corrected chi connectivity index (χ4v) is 0.870. The minimum atomic E-state index is -1.79. The van der Waals surface area contributed by atoms with Gasteiger partial charge in [0.25, 0.3) is 0 Å². The Labute approximate surface area is 101 Å². The molecule has 0 radical (unpaired) electrons. The van der Waals surface area contributed by atoms with Crippen LogP contribution in [-0.4, -0.2) is 17.4 Å². The van der Waals surface area contributed by atoms with Gasteiger partial charge < -0.3 is 16.1 Å². The number of hydrogen-bond donors (Lipinski definition) is 2. The van der Waals surface area contributed by atoms with Crippen molar-refractivity contribution < 1.29 is 45.7 Å². The monoisotopic (exact) mass is 188 g/mol. The zero-order valence-corrected chi connectivity index (χ0v) is 9.47. The van der Waals surface area contributed by atoms with Crippen molar-refractivity contribution in [3.63, 3.8) is 0 Å². The van der Waals surface area contributed by atoms with E-state index in [1.165, 1.54) is 0 Å². The molecule has 0 spiro atoms. The molecule has 5 heteroatoms. The van der Waals surface area contributed by atoms with Gasteiger partial charge >= 0.3 is 36.9 Å². The topological polar surface area (TPSA) is 49.7 Å². The summed E-state index contributed by atoms with van der Waals surface area (Å²) in [7, 11) is -1.79. The van der Waals surface area contributed by atoms with Crippen LogP contribution in [0.25, 0.3) is 6.08 Å². The van der Waals surface area contributed by atoms with Crippen molar-refractivity contribution in [1.82, 2.24) is 0 Å². The van der Waals surface area contributed by atoms with Gasteiger partial charge in [0.2, 0.25) is 0 Å². The van der Waals surface area contributed by atoms with E-state index in [0.717, 1.165) is 5.56 Å². The molecule has 0 atom stereocenters. The van der Waals surface area contributed by atoms with E-state index in [2.05, 4.69) is 11.2 Å². The summed E-state index contributed by atoms with van der Waals surface area (Å²) in [5, 5.41) is 17.0. The van der Waals surface area contributed by atoms with E-state index in [4.69, 9.17) is 10.0 Å². The summed E-state index contributed by atoms with van der Waals surface area (Å²) < 4.78 is 4.68. The van der Waals surface area contributed by atoms with Crippen LogP contribution in [0.2, 0.25) is 0 Å². The molecule has 3 nitrogen and oxygen atoms in total. The van der Waals surface area contributed by atoms with Crippen molar-refractivity contribution in [3.8, 4) is 5.75 Å². The van der Waals surface area contributed by atoms with Crippen LogP contribution < -0.4 is 34.2 Å². The SMILES string of the molecule is C=Cc1ccccc1OB(O)O.[H-].[Na+]. The van der Waals surface area contributed by atoms with Crippen molar-refractivity contribution in [2.45, 2.75) is 0 Å². The normalized spacial score (nSPS) is 8.46. The molecule has 0 aliphatic carbocycles. The molecule has 1 rings (SSSR count). The van der Waals surface area contributed by atoms with Gasteiger partial charge in [0.05, 0.1) is 0 Å². The molecule has 64 valence electrons. The van der Waals surface area contributed by atoms with Crippen LogP contribution in [0.15, 0.2) is 30.8 Å². The third-order valence-electron chi connectivity index (χ3n) is 1.37. The Kier molecular flexibility index (Phi) is 6.11. The maximum absolute atomic E-state index is 8.52. The molecular weight excluding hydrogens is 178 g/mol. The van der Waals surface area contributed by atoms with E-state index in [1.54, 1.807) is 24.3 Å². The molecule has 0 saturated carbocycles. The molecule has 0 aliphatic rings. The molecule has 0 bridgehead atoms. The van der Waals surface area contributed by atoms with Crippen LogP contribution in [0.5, 0.6) is 5.75 Å². The summed E-state index contributed by atoms with van der Waals surface area (Å²) in [4.78, 5) is 0. The Hall–Kier alpha value is -0.255. The fourth-order valence-electron chi connectivity index (χ4n) is 0.870. The molecule has 0 fully saturated rings. The van der Waals surface area contributed by atoms with Crippen LogP contribution in [0.3, 0.4) is 0 Å². The van der Waals surface area contributed by atoms with Gasteiger partial charge in [-0.2, -0.15) is 0 Å². The molecule has 0 amide bonds. The Bertz CT molecular complexity index is 283. The van der Waals surface area contributed by atoms with Crippen molar-refractivity contribution in [3.05, 3.63) is 36.4 Å². The number of rotatable bonds is 3. The van der Waals surface area contributed by atoms with Crippen molar-refractivity contribution in [1.29, 1.82) is 0 Å². The standard InChI is InChI=1S/C8H9BO3.Na.H/c1-2-7-5-3-4-6-8(7)12-9(10)11;;/h2-6,10-11H,1H2;;/q;+1;-1. The Balaban J connectivity index is 0. The molecule has 0 heterocycles. The second-order valence-electron chi connectivity index (χ2n) is 2.19. The van der Waals surface area contributed by atoms with E-state index in [9.17, 15) is 0 Å². The van der Waals surface area contributed by atoms with Gasteiger partial charge in [-0.1, -0.05) is 30.9 Å². The molecule has 2 N–H and O–H groups in total. The van der Waals surface area contributed by atoms with Crippen LogP contribution in [0, 0.1) is 0 Å². The smallest absolute Gasteiger partial charge is 1.00 e. The molecule has 1 aromatic rings. The number of para-hydroxylation sites is 1. The average molecular weight is 188 g/mol. The molecular formula is C8H10BNaO3.